The summed E-state index contributed by atoms with van der Waals surface area (Å²) in [4.78, 5) is 34.9. The molecule has 0 bridgehead atoms. The van der Waals surface area contributed by atoms with Crippen LogP contribution in [0.2, 0.25) is 0 Å². The Morgan fingerprint density at radius 3 is 2.68 bits per heavy atom. The van der Waals surface area contributed by atoms with Gasteiger partial charge in [0.05, 0.1) is 6.20 Å². The zero-order chi connectivity index (χ0) is 23.9. The van der Waals surface area contributed by atoms with Crippen LogP contribution in [0.4, 0.5) is 10.2 Å². The molecule has 1 aliphatic rings. The number of hydrogen-bond donors (Lipinski definition) is 1. The predicted octanol–water partition coefficient (Wildman–Crippen LogP) is 4.61. The lowest BCUT2D eigenvalue weighted by molar-refractivity contribution is -0.130. The van der Waals surface area contributed by atoms with Gasteiger partial charge in [-0.2, -0.15) is 0 Å². The number of halogens is 1. The highest BCUT2D eigenvalue weighted by atomic mass is 19.1. The predicted molar refractivity (Wildman–Crippen MR) is 127 cm³/mol. The fourth-order valence-electron chi connectivity index (χ4n) is 3.71. The number of aryl methyl sites for hydroxylation is 1. The third-order valence-electron chi connectivity index (χ3n) is 5.58. The molecule has 34 heavy (non-hydrogen) atoms. The Morgan fingerprint density at radius 2 is 1.97 bits per heavy atom. The minimum atomic E-state index is -0.534. The number of anilines is 1. The van der Waals surface area contributed by atoms with Crippen molar-refractivity contribution >= 4 is 23.7 Å². The van der Waals surface area contributed by atoms with Crippen LogP contribution >= 0.6 is 0 Å². The molecule has 3 aromatic rings. The van der Waals surface area contributed by atoms with Gasteiger partial charge in [-0.15, -0.1) is 0 Å². The van der Waals surface area contributed by atoms with E-state index in [2.05, 4.69) is 15.3 Å². The molecule has 1 aromatic carbocycles. The number of aromatic nitrogens is 2. The lowest BCUT2D eigenvalue weighted by Gasteiger charge is -2.30. The molecule has 7 nitrogen and oxygen atoms in total. The molecule has 0 aliphatic carbocycles. The Hall–Kier alpha value is -4.07. The molecule has 1 N–H and O–H groups in total. The molecule has 0 unspecified atom stereocenters. The quantitative estimate of drug-likeness (QED) is 0.543. The Kier molecular flexibility index (Phi) is 7.27. The number of carbonyl (C=O) groups excluding carboxylic acids is 2. The van der Waals surface area contributed by atoms with E-state index in [1.807, 2.05) is 19.1 Å². The van der Waals surface area contributed by atoms with Crippen LogP contribution in [0.15, 0.2) is 67.1 Å². The number of nitrogens with zero attached hydrogens (tertiary/aromatic N) is 3. The summed E-state index contributed by atoms with van der Waals surface area (Å²) in [5.74, 6) is 0.102. The highest BCUT2D eigenvalue weighted by Crippen LogP contribution is 2.25. The van der Waals surface area contributed by atoms with E-state index in [1.54, 1.807) is 41.6 Å². The van der Waals surface area contributed by atoms with Gasteiger partial charge in [0.25, 0.3) is 0 Å². The van der Waals surface area contributed by atoms with Crippen molar-refractivity contribution in [2.45, 2.75) is 19.8 Å². The zero-order valence-corrected chi connectivity index (χ0v) is 18.8. The molecular formula is C26H25FN4O3. The molecule has 0 saturated carbocycles. The molecule has 1 saturated heterocycles. The maximum atomic E-state index is 14.4. The monoisotopic (exact) mass is 460 g/mol. The maximum Gasteiger partial charge on any atom is 0.246 e. The maximum absolute atomic E-state index is 14.4. The van der Waals surface area contributed by atoms with Gasteiger partial charge in [0.1, 0.15) is 11.6 Å². The number of likely N-dealkylation sites (tertiary alicyclic amines) is 1. The van der Waals surface area contributed by atoms with E-state index in [0.29, 0.717) is 43.1 Å². The van der Waals surface area contributed by atoms with Gasteiger partial charge in [-0.05, 0) is 73.4 Å². The molecule has 2 aromatic heterocycles. The number of hydrogen-bond acceptors (Lipinski definition) is 5. The third kappa shape index (κ3) is 6.04. The van der Waals surface area contributed by atoms with Gasteiger partial charge < -0.3 is 15.0 Å². The van der Waals surface area contributed by atoms with Crippen LogP contribution in [0.3, 0.4) is 0 Å². The van der Waals surface area contributed by atoms with Crippen molar-refractivity contribution in [3.8, 4) is 11.5 Å². The fraction of sp³-hybridized carbons (Fsp3) is 0.231. The summed E-state index contributed by atoms with van der Waals surface area (Å²) in [5.41, 5.74) is 1.57. The Bertz CT molecular complexity index is 1190. The van der Waals surface area contributed by atoms with Crippen molar-refractivity contribution in [2.75, 3.05) is 18.4 Å². The number of piperidine rings is 1. The van der Waals surface area contributed by atoms with E-state index < -0.39 is 5.82 Å². The van der Waals surface area contributed by atoms with Crippen LogP contribution in [0.1, 0.15) is 24.0 Å². The number of pyridine rings is 2. The normalized spacial score (nSPS) is 14.2. The molecule has 0 spiro atoms. The lowest BCUT2D eigenvalue weighted by atomic mass is 9.96. The largest absolute Gasteiger partial charge is 0.453 e. The van der Waals surface area contributed by atoms with E-state index in [0.717, 1.165) is 5.56 Å². The molecule has 1 fully saturated rings. The van der Waals surface area contributed by atoms with Crippen molar-refractivity contribution in [1.82, 2.24) is 14.9 Å². The van der Waals surface area contributed by atoms with E-state index in [1.165, 1.54) is 24.4 Å². The van der Waals surface area contributed by atoms with Crippen LogP contribution in [0.5, 0.6) is 11.5 Å². The molecular weight excluding hydrogens is 435 g/mol. The summed E-state index contributed by atoms with van der Waals surface area (Å²) in [5, 5.41) is 2.85. The van der Waals surface area contributed by atoms with Crippen molar-refractivity contribution in [2.24, 2.45) is 5.92 Å². The zero-order valence-electron chi connectivity index (χ0n) is 18.8. The topological polar surface area (TPSA) is 84.4 Å². The van der Waals surface area contributed by atoms with Gasteiger partial charge in [-0.3, -0.25) is 14.6 Å². The summed E-state index contributed by atoms with van der Waals surface area (Å²) >= 11 is 0. The first-order valence-corrected chi connectivity index (χ1v) is 11.1. The minimum absolute atomic E-state index is 0.0789. The SMILES string of the molecule is Cc1ccnc(NC(=O)C2CCN(C(=O)/C=C/c3ccc(Oc4cccnc4)c(F)c3)CC2)c1. The van der Waals surface area contributed by atoms with Gasteiger partial charge in [0, 0.05) is 37.5 Å². The molecule has 2 amide bonds. The molecule has 8 heteroatoms. The summed E-state index contributed by atoms with van der Waals surface area (Å²) < 4.78 is 19.9. The second-order valence-corrected chi connectivity index (χ2v) is 8.12. The van der Waals surface area contributed by atoms with E-state index in [9.17, 15) is 14.0 Å². The minimum Gasteiger partial charge on any atom is -0.453 e. The molecule has 3 heterocycles. The first-order chi connectivity index (χ1) is 16.5. The summed E-state index contributed by atoms with van der Waals surface area (Å²) in [6.07, 6.45) is 8.91. The molecule has 174 valence electrons. The molecule has 1 aliphatic heterocycles. The molecule has 4 rings (SSSR count). The van der Waals surface area contributed by atoms with Crippen LogP contribution in [0.25, 0.3) is 6.08 Å². The van der Waals surface area contributed by atoms with Crippen LogP contribution in [-0.4, -0.2) is 39.8 Å². The fourth-order valence-corrected chi connectivity index (χ4v) is 3.71. The van der Waals surface area contributed by atoms with Crippen molar-refractivity contribution in [3.05, 3.63) is 84.1 Å². The van der Waals surface area contributed by atoms with Gasteiger partial charge in [0.2, 0.25) is 11.8 Å². The number of benzene rings is 1. The van der Waals surface area contributed by atoms with Crippen molar-refractivity contribution < 1.29 is 18.7 Å². The summed E-state index contributed by atoms with van der Waals surface area (Å²) in [6, 6.07) is 11.6. The highest BCUT2D eigenvalue weighted by molar-refractivity contribution is 5.93. The van der Waals surface area contributed by atoms with Gasteiger partial charge in [0.15, 0.2) is 11.6 Å². The molecule has 0 radical (unpaired) electrons. The molecule has 0 atom stereocenters. The van der Waals surface area contributed by atoms with Crippen molar-refractivity contribution in [1.29, 1.82) is 0 Å². The van der Waals surface area contributed by atoms with E-state index >= 15 is 0 Å². The number of nitrogens with one attached hydrogen (secondary N) is 1. The first-order valence-electron chi connectivity index (χ1n) is 11.1. The summed E-state index contributed by atoms with van der Waals surface area (Å²) in [6.45, 7) is 2.90. The standard InChI is InChI=1S/C26H25FN4O3/c1-18-8-12-29-24(15-18)30-26(33)20-9-13-31(14-10-20)25(32)7-5-19-4-6-23(22(27)16-19)34-21-3-2-11-28-17-21/h2-8,11-12,15-17,20H,9-10,13-14H2,1H3,(H,29,30,33)/b7-5+. The van der Waals surface area contributed by atoms with Crippen LogP contribution < -0.4 is 10.1 Å². The van der Waals surface area contributed by atoms with Gasteiger partial charge in [-0.25, -0.2) is 9.37 Å². The first kappa shape index (κ1) is 23.1. The number of carbonyl (C=O) groups is 2. The number of rotatable bonds is 6. The highest BCUT2D eigenvalue weighted by Gasteiger charge is 2.26. The second kappa shape index (κ2) is 10.7. The average Bonchev–Trinajstić information content (AvgIpc) is 2.85. The lowest BCUT2D eigenvalue weighted by Crippen LogP contribution is -2.40. The van der Waals surface area contributed by atoms with Crippen LogP contribution in [-0.2, 0) is 9.59 Å². The van der Waals surface area contributed by atoms with Gasteiger partial charge in [-0.1, -0.05) is 6.07 Å². The Labute approximate surface area is 197 Å². The van der Waals surface area contributed by atoms with Crippen LogP contribution in [0, 0.1) is 18.7 Å². The van der Waals surface area contributed by atoms with Crippen molar-refractivity contribution in [3.63, 3.8) is 0 Å². The second-order valence-electron chi connectivity index (χ2n) is 8.12. The third-order valence-corrected chi connectivity index (χ3v) is 5.58. The number of amides is 2. The average molecular weight is 461 g/mol. The van der Waals surface area contributed by atoms with E-state index in [-0.39, 0.29) is 23.5 Å². The Morgan fingerprint density at radius 1 is 1.15 bits per heavy atom. The Balaban J connectivity index is 1.28. The summed E-state index contributed by atoms with van der Waals surface area (Å²) in [7, 11) is 0. The van der Waals surface area contributed by atoms with E-state index in [4.69, 9.17) is 4.74 Å². The van der Waals surface area contributed by atoms with Gasteiger partial charge >= 0.3 is 0 Å². The number of ether oxygens (including phenoxy) is 1. The smallest absolute Gasteiger partial charge is 0.246 e.